The average Bonchev–Trinajstić information content (AvgIpc) is 2.97. The minimum Gasteiger partial charge on any atom is -0.310 e. The van der Waals surface area contributed by atoms with Gasteiger partial charge in [-0.3, -0.25) is 0 Å². The van der Waals surface area contributed by atoms with Crippen molar-refractivity contribution in [1.29, 1.82) is 0 Å². The number of fused-ring (bicyclic) bond motifs is 3. The van der Waals surface area contributed by atoms with E-state index in [0.717, 1.165) is 10.2 Å². The Morgan fingerprint density at radius 2 is 1.30 bits per heavy atom. The number of hydrogen-bond donors (Lipinski definition) is 0. The molecule has 1 nitrogen and oxygen atoms in total. The second-order valence-electron chi connectivity index (χ2n) is 8.55. The Kier molecular flexibility index (Phi) is 4.56. The van der Waals surface area contributed by atoms with E-state index in [1.165, 1.54) is 39.2 Å². The first kappa shape index (κ1) is 19.1. The molecule has 4 aromatic carbocycles. The third-order valence-corrected chi connectivity index (χ3v) is 6.70. The summed E-state index contributed by atoms with van der Waals surface area (Å²) in [5, 5.41) is 0. The van der Waals surface area contributed by atoms with Crippen LogP contribution < -0.4 is 4.90 Å². The Labute approximate surface area is 187 Å². The quantitative estimate of drug-likeness (QED) is 0.300. The number of hydrogen-bond acceptors (Lipinski definition) is 1. The lowest BCUT2D eigenvalue weighted by Gasteiger charge is -2.28. The molecule has 0 saturated heterocycles. The van der Waals surface area contributed by atoms with E-state index in [0.29, 0.717) is 0 Å². The highest BCUT2D eigenvalue weighted by Crippen LogP contribution is 2.50. The van der Waals surface area contributed by atoms with E-state index in [2.05, 4.69) is 133 Å². The summed E-state index contributed by atoms with van der Waals surface area (Å²) in [6.07, 6.45) is 0. The zero-order valence-electron chi connectivity index (χ0n) is 17.5. The molecule has 0 amide bonds. The first-order valence-electron chi connectivity index (χ1n) is 10.3. The van der Waals surface area contributed by atoms with Crippen molar-refractivity contribution in [1.82, 2.24) is 0 Å². The van der Waals surface area contributed by atoms with Crippen LogP contribution in [0.3, 0.4) is 0 Å². The molecule has 0 unspecified atom stereocenters. The summed E-state index contributed by atoms with van der Waals surface area (Å²) in [6, 6.07) is 33.0. The lowest BCUT2D eigenvalue weighted by Crippen LogP contribution is -2.16. The molecule has 30 heavy (non-hydrogen) atoms. The molecule has 0 spiro atoms. The minimum absolute atomic E-state index is 0.0140. The fourth-order valence-corrected chi connectivity index (χ4v) is 4.90. The largest absolute Gasteiger partial charge is 0.310 e. The fourth-order valence-electron chi connectivity index (χ4n) is 4.64. The molecular weight excluding hydrogens is 430 g/mol. The monoisotopic (exact) mass is 453 g/mol. The molecule has 1 aliphatic rings. The first-order valence-corrected chi connectivity index (χ1v) is 11.1. The number of anilines is 3. The Bertz CT molecular complexity index is 1240. The van der Waals surface area contributed by atoms with Crippen LogP contribution in [0.2, 0.25) is 0 Å². The molecule has 2 heteroatoms. The highest BCUT2D eigenvalue weighted by molar-refractivity contribution is 9.10. The van der Waals surface area contributed by atoms with E-state index in [1.807, 2.05) is 0 Å². The molecule has 0 bridgehead atoms. The maximum Gasteiger partial charge on any atom is 0.0465 e. The van der Waals surface area contributed by atoms with Crippen LogP contribution >= 0.6 is 15.9 Å². The summed E-state index contributed by atoms with van der Waals surface area (Å²) in [5.41, 5.74) is 10.2. The standard InChI is InChI=1S/C28H24BrN/c1-19-7-6-8-22(17-19)30(21-13-11-20(29)12-14-21)23-15-16-25-24-9-4-5-10-26(24)28(2,3)27(25)18-23/h4-18H,1-3H3. The number of aryl methyl sites for hydroxylation is 1. The van der Waals surface area contributed by atoms with Crippen LogP contribution in [-0.2, 0) is 5.41 Å². The highest BCUT2D eigenvalue weighted by atomic mass is 79.9. The summed E-state index contributed by atoms with van der Waals surface area (Å²) >= 11 is 3.57. The zero-order valence-corrected chi connectivity index (χ0v) is 19.1. The highest BCUT2D eigenvalue weighted by Gasteiger charge is 2.35. The molecule has 4 aromatic rings. The molecule has 0 aliphatic heterocycles. The summed E-state index contributed by atoms with van der Waals surface area (Å²) in [5.74, 6) is 0. The van der Waals surface area contributed by atoms with Gasteiger partial charge in [0.05, 0.1) is 0 Å². The van der Waals surface area contributed by atoms with Gasteiger partial charge >= 0.3 is 0 Å². The van der Waals surface area contributed by atoms with Crippen LogP contribution in [-0.4, -0.2) is 0 Å². The van der Waals surface area contributed by atoms with Gasteiger partial charge in [-0.2, -0.15) is 0 Å². The third kappa shape index (κ3) is 3.07. The number of halogens is 1. The number of rotatable bonds is 3. The first-order chi connectivity index (χ1) is 14.4. The summed E-state index contributed by atoms with van der Waals surface area (Å²) < 4.78 is 1.08. The Morgan fingerprint density at radius 1 is 0.633 bits per heavy atom. The van der Waals surface area contributed by atoms with Crippen molar-refractivity contribution in [2.45, 2.75) is 26.2 Å². The molecule has 0 N–H and O–H groups in total. The maximum absolute atomic E-state index is 3.57. The van der Waals surface area contributed by atoms with E-state index in [-0.39, 0.29) is 5.41 Å². The lowest BCUT2D eigenvalue weighted by atomic mass is 9.82. The van der Waals surface area contributed by atoms with E-state index < -0.39 is 0 Å². The van der Waals surface area contributed by atoms with Gasteiger partial charge in [-0.15, -0.1) is 0 Å². The molecule has 0 saturated carbocycles. The predicted molar refractivity (Wildman–Crippen MR) is 131 cm³/mol. The molecule has 1 aliphatic carbocycles. The van der Waals surface area contributed by atoms with Gasteiger partial charge < -0.3 is 4.90 Å². The van der Waals surface area contributed by atoms with Crippen LogP contribution in [0.25, 0.3) is 11.1 Å². The summed E-state index contributed by atoms with van der Waals surface area (Å²) in [7, 11) is 0. The lowest BCUT2D eigenvalue weighted by molar-refractivity contribution is 0.660. The Balaban J connectivity index is 1.70. The maximum atomic E-state index is 3.57. The molecule has 0 fully saturated rings. The topological polar surface area (TPSA) is 3.24 Å². The third-order valence-electron chi connectivity index (χ3n) is 6.17. The smallest absolute Gasteiger partial charge is 0.0465 e. The van der Waals surface area contributed by atoms with Crippen molar-refractivity contribution in [3.63, 3.8) is 0 Å². The van der Waals surface area contributed by atoms with Crippen LogP contribution in [0, 0.1) is 6.92 Å². The van der Waals surface area contributed by atoms with Gasteiger partial charge in [0.25, 0.3) is 0 Å². The van der Waals surface area contributed by atoms with Gasteiger partial charge in [0, 0.05) is 26.9 Å². The normalized spacial score (nSPS) is 13.6. The number of benzene rings is 4. The predicted octanol–water partition coefficient (Wildman–Crippen LogP) is 8.53. The van der Waals surface area contributed by atoms with Gasteiger partial charge in [-0.1, -0.05) is 72.2 Å². The molecule has 0 aromatic heterocycles. The van der Waals surface area contributed by atoms with Gasteiger partial charge in [0.2, 0.25) is 0 Å². The van der Waals surface area contributed by atoms with Gasteiger partial charge in [-0.25, -0.2) is 0 Å². The fraction of sp³-hybridized carbons (Fsp3) is 0.143. The van der Waals surface area contributed by atoms with Crippen molar-refractivity contribution < 1.29 is 0 Å². The van der Waals surface area contributed by atoms with Crippen LogP contribution in [0.1, 0.15) is 30.5 Å². The van der Waals surface area contributed by atoms with E-state index in [9.17, 15) is 0 Å². The van der Waals surface area contributed by atoms with Crippen molar-refractivity contribution >= 4 is 33.0 Å². The second-order valence-corrected chi connectivity index (χ2v) is 9.47. The minimum atomic E-state index is -0.0140. The summed E-state index contributed by atoms with van der Waals surface area (Å²) in [6.45, 7) is 6.81. The van der Waals surface area contributed by atoms with Crippen molar-refractivity contribution in [3.05, 3.63) is 112 Å². The molecular formula is C28H24BrN. The second kappa shape index (κ2) is 7.14. The van der Waals surface area contributed by atoms with Crippen LogP contribution in [0.4, 0.5) is 17.1 Å². The van der Waals surface area contributed by atoms with Crippen molar-refractivity contribution in [2.24, 2.45) is 0 Å². The summed E-state index contributed by atoms with van der Waals surface area (Å²) in [4.78, 5) is 2.35. The number of nitrogens with zero attached hydrogens (tertiary/aromatic N) is 1. The average molecular weight is 454 g/mol. The van der Waals surface area contributed by atoms with Gasteiger partial charge in [-0.05, 0) is 83.3 Å². The molecule has 0 radical (unpaired) electrons. The van der Waals surface area contributed by atoms with Gasteiger partial charge in [0.15, 0.2) is 0 Å². The molecule has 148 valence electrons. The van der Waals surface area contributed by atoms with Crippen molar-refractivity contribution in [2.75, 3.05) is 4.90 Å². The van der Waals surface area contributed by atoms with Gasteiger partial charge in [0.1, 0.15) is 0 Å². The van der Waals surface area contributed by atoms with E-state index in [1.54, 1.807) is 0 Å². The van der Waals surface area contributed by atoms with Crippen molar-refractivity contribution in [3.8, 4) is 11.1 Å². The molecule has 5 rings (SSSR count). The molecule has 0 heterocycles. The zero-order chi connectivity index (χ0) is 20.9. The Morgan fingerprint density at radius 3 is 2.07 bits per heavy atom. The molecule has 0 atom stereocenters. The van der Waals surface area contributed by atoms with E-state index >= 15 is 0 Å². The van der Waals surface area contributed by atoms with Crippen LogP contribution in [0.15, 0.2) is 95.5 Å². The SMILES string of the molecule is Cc1cccc(N(c2ccc(Br)cc2)c2ccc3c(c2)C(C)(C)c2ccccc2-3)c1. The van der Waals surface area contributed by atoms with E-state index in [4.69, 9.17) is 0 Å². The Hall–Kier alpha value is -2.84. The van der Waals surface area contributed by atoms with Crippen LogP contribution in [0.5, 0.6) is 0 Å².